The Morgan fingerprint density at radius 1 is 1.53 bits per heavy atom. The topological polar surface area (TPSA) is 81.9 Å². The summed E-state index contributed by atoms with van der Waals surface area (Å²) in [6.07, 6.45) is 0.727. The predicted molar refractivity (Wildman–Crippen MR) is 60.1 cm³/mol. The number of allylic oxidation sites excluding steroid dienone is 1. The van der Waals surface area contributed by atoms with E-state index in [9.17, 15) is 4.79 Å². The quantitative estimate of drug-likeness (QED) is 0.786. The second-order valence-corrected chi connectivity index (χ2v) is 3.76. The minimum atomic E-state index is -0.314. The van der Waals surface area contributed by atoms with Gasteiger partial charge in [0.05, 0.1) is 18.2 Å². The number of rotatable bonds is 3. The van der Waals surface area contributed by atoms with Gasteiger partial charge in [0.1, 0.15) is 0 Å². The fourth-order valence-corrected chi connectivity index (χ4v) is 1.97. The third-order valence-corrected chi connectivity index (χ3v) is 2.71. The van der Waals surface area contributed by atoms with Crippen LogP contribution in [0.25, 0.3) is 0 Å². The summed E-state index contributed by atoms with van der Waals surface area (Å²) in [4.78, 5) is 11.9. The molecule has 0 spiro atoms. The monoisotopic (exact) mass is 237 g/mol. The number of nitrogens with one attached hydrogen (secondary N) is 1. The highest BCUT2D eigenvalue weighted by Gasteiger charge is 2.32. The van der Waals surface area contributed by atoms with E-state index >= 15 is 0 Å². The summed E-state index contributed by atoms with van der Waals surface area (Å²) < 4.78 is 6.67. The van der Waals surface area contributed by atoms with Gasteiger partial charge in [0, 0.05) is 5.70 Å². The molecule has 2 heterocycles. The Hall–Kier alpha value is -1.92. The maximum absolute atomic E-state index is 11.9. The van der Waals surface area contributed by atoms with E-state index < -0.39 is 0 Å². The molecule has 1 aliphatic heterocycles. The first-order chi connectivity index (χ1) is 8.19. The molecule has 7 nitrogen and oxygen atoms in total. The van der Waals surface area contributed by atoms with Crippen molar-refractivity contribution in [1.82, 2.24) is 20.2 Å². The number of hydrogen-bond donors (Lipinski definition) is 1. The van der Waals surface area contributed by atoms with Crippen molar-refractivity contribution >= 4 is 11.9 Å². The lowest BCUT2D eigenvalue weighted by Crippen LogP contribution is -2.28. The van der Waals surface area contributed by atoms with E-state index in [4.69, 9.17) is 4.74 Å². The molecule has 0 saturated heterocycles. The molecule has 1 unspecified atom stereocenters. The minimum Gasteiger partial charge on any atom is -0.463 e. The van der Waals surface area contributed by atoms with Gasteiger partial charge in [-0.3, -0.25) is 0 Å². The van der Waals surface area contributed by atoms with Crippen molar-refractivity contribution in [3.05, 3.63) is 11.3 Å². The van der Waals surface area contributed by atoms with E-state index in [1.807, 2.05) is 13.8 Å². The standard InChI is InChI=1S/C10H15N5O2/c1-4-7-8(9(16)17-5-2)6(3)11-10-12-13-14-15(7)10/h7H,4-5H2,1-3H3,(H,11,12,14). The van der Waals surface area contributed by atoms with Gasteiger partial charge in [0.25, 0.3) is 0 Å². The van der Waals surface area contributed by atoms with Crippen molar-refractivity contribution in [3.63, 3.8) is 0 Å². The smallest absolute Gasteiger partial charge is 0.337 e. The Morgan fingerprint density at radius 3 is 2.94 bits per heavy atom. The summed E-state index contributed by atoms with van der Waals surface area (Å²) in [6, 6.07) is -0.166. The zero-order chi connectivity index (χ0) is 12.4. The molecule has 0 bridgehead atoms. The maximum Gasteiger partial charge on any atom is 0.337 e. The Morgan fingerprint density at radius 2 is 2.29 bits per heavy atom. The predicted octanol–water partition coefficient (Wildman–Crippen LogP) is 0.887. The fourth-order valence-electron chi connectivity index (χ4n) is 1.97. The highest BCUT2D eigenvalue weighted by atomic mass is 16.5. The maximum atomic E-state index is 11.9. The van der Waals surface area contributed by atoms with Crippen LogP contribution in [0.2, 0.25) is 0 Å². The summed E-state index contributed by atoms with van der Waals surface area (Å²) in [5.41, 5.74) is 1.34. The van der Waals surface area contributed by atoms with Crippen LogP contribution in [-0.4, -0.2) is 32.8 Å². The average molecular weight is 237 g/mol. The van der Waals surface area contributed by atoms with Crippen molar-refractivity contribution in [3.8, 4) is 0 Å². The summed E-state index contributed by atoms with van der Waals surface area (Å²) in [7, 11) is 0. The molecule has 17 heavy (non-hydrogen) atoms. The van der Waals surface area contributed by atoms with Gasteiger partial charge < -0.3 is 10.1 Å². The first-order valence-corrected chi connectivity index (χ1v) is 5.61. The van der Waals surface area contributed by atoms with Gasteiger partial charge in [0.2, 0.25) is 5.95 Å². The van der Waals surface area contributed by atoms with Crippen molar-refractivity contribution in [2.24, 2.45) is 0 Å². The normalized spacial score (nSPS) is 18.6. The molecule has 0 saturated carbocycles. The van der Waals surface area contributed by atoms with Crippen LogP contribution in [-0.2, 0) is 9.53 Å². The molecule has 0 aromatic carbocycles. The van der Waals surface area contributed by atoms with Gasteiger partial charge in [-0.05, 0) is 30.7 Å². The lowest BCUT2D eigenvalue weighted by Gasteiger charge is -2.25. The van der Waals surface area contributed by atoms with Gasteiger partial charge in [-0.15, -0.1) is 0 Å². The van der Waals surface area contributed by atoms with Gasteiger partial charge in [0.15, 0.2) is 0 Å². The molecule has 0 amide bonds. The molecule has 1 N–H and O–H groups in total. The highest BCUT2D eigenvalue weighted by Crippen LogP contribution is 2.31. The Labute approximate surface area is 98.8 Å². The number of hydrogen-bond acceptors (Lipinski definition) is 6. The zero-order valence-corrected chi connectivity index (χ0v) is 10.1. The van der Waals surface area contributed by atoms with E-state index in [-0.39, 0.29) is 12.0 Å². The molecule has 1 aliphatic rings. The van der Waals surface area contributed by atoms with Crippen molar-refractivity contribution in [2.45, 2.75) is 33.2 Å². The first-order valence-electron chi connectivity index (χ1n) is 5.61. The van der Waals surface area contributed by atoms with Crippen molar-refractivity contribution in [2.75, 3.05) is 11.9 Å². The third kappa shape index (κ3) is 1.88. The van der Waals surface area contributed by atoms with Crippen LogP contribution in [0, 0.1) is 0 Å². The van der Waals surface area contributed by atoms with Crippen molar-refractivity contribution in [1.29, 1.82) is 0 Å². The number of fused-ring (bicyclic) bond motifs is 1. The van der Waals surface area contributed by atoms with Gasteiger partial charge in [-0.2, -0.15) is 0 Å². The van der Waals surface area contributed by atoms with Crippen molar-refractivity contribution < 1.29 is 9.53 Å². The number of carbonyl (C=O) groups excluding carboxylic acids is 1. The number of tetrazole rings is 1. The van der Waals surface area contributed by atoms with Gasteiger partial charge >= 0.3 is 5.97 Å². The summed E-state index contributed by atoms with van der Waals surface area (Å²) in [5.74, 6) is 0.243. The number of anilines is 1. The van der Waals surface area contributed by atoms with E-state index in [1.165, 1.54) is 0 Å². The van der Waals surface area contributed by atoms with Crippen LogP contribution >= 0.6 is 0 Å². The molecule has 7 heteroatoms. The molecule has 1 atom stereocenters. The van der Waals surface area contributed by atoms with Crippen LogP contribution in [0.15, 0.2) is 11.3 Å². The molecule has 92 valence electrons. The Bertz CT molecular complexity index is 465. The number of ether oxygens (including phenoxy) is 1. The first kappa shape index (κ1) is 11.6. The molecule has 0 aliphatic carbocycles. The van der Waals surface area contributed by atoms with E-state index in [1.54, 1.807) is 11.6 Å². The summed E-state index contributed by atoms with van der Waals surface area (Å²) >= 11 is 0. The third-order valence-electron chi connectivity index (χ3n) is 2.71. The van der Waals surface area contributed by atoms with Crippen LogP contribution in [0.1, 0.15) is 33.2 Å². The average Bonchev–Trinajstić information content (AvgIpc) is 2.74. The number of nitrogens with zero attached hydrogens (tertiary/aromatic N) is 4. The molecule has 0 radical (unpaired) electrons. The fraction of sp³-hybridized carbons (Fsp3) is 0.600. The highest BCUT2D eigenvalue weighted by molar-refractivity contribution is 5.91. The molecule has 2 rings (SSSR count). The summed E-state index contributed by atoms with van der Waals surface area (Å²) in [5, 5.41) is 14.3. The van der Waals surface area contributed by atoms with Crippen LogP contribution in [0.5, 0.6) is 0 Å². The van der Waals surface area contributed by atoms with E-state index in [2.05, 4.69) is 20.8 Å². The molecule has 1 aromatic rings. The molecular weight excluding hydrogens is 222 g/mol. The SMILES string of the molecule is CCOC(=O)C1=C(C)Nc2nnnn2C1CC. The minimum absolute atomic E-state index is 0.166. The number of aromatic nitrogens is 4. The summed E-state index contributed by atoms with van der Waals surface area (Å²) in [6.45, 7) is 5.95. The van der Waals surface area contributed by atoms with Crippen LogP contribution < -0.4 is 5.32 Å². The van der Waals surface area contributed by atoms with E-state index in [0.717, 1.165) is 12.1 Å². The van der Waals surface area contributed by atoms with E-state index in [0.29, 0.717) is 18.1 Å². The molecular formula is C10H15N5O2. The zero-order valence-electron chi connectivity index (χ0n) is 10.1. The van der Waals surface area contributed by atoms with Gasteiger partial charge in [-0.1, -0.05) is 12.0 Å². The largest absolute Gasteiger partial charge is 0.463 e. The Balaban J connectivity index is 2.39. The lowest BCUT2D eigenvalue weighted by molar-refractivity contribution is -0.139. The number of esters is 1. The number of carbonyl (C=O) groups is 1. The second-order valence-electron chi connectivity index (χ2n) is 3.76. The Kier molecular flexibility index (Phi) is 3.08. The second kappa shape index (κ2) is 4.52. The van der Waals surface area contributed by atoms with Crippen LogP contribution in [0.4, 0.5) is 5.95 Å². The van der Waals surface area contributed by atoms with Crippen LogP contribution in [0.3, 0.4) is 0 Å². The lowest BCUT2D eigenvalue weighted by atomic mass is 10.0. The van der Waals surface area contributed by atoms with Gasteiger partial charge in [-0.25, -0.2) is 9.48 Å². The molecule has 0 fully saturated rings. The molecule has 1 aromatic heterocycles.